The summed E-state index contributed by atoms with van der Waals surface area (Å²) in [6.45, 7) is 0. The van der Waals surface area contributed by atoms with Gasteiger partial charge in [0.05, 0.1) is 11.4 Å². The third-order valence-corrected chi connectivity index (χ3v) is 5.65. The Hall–Kier alpha value is -3.88. The summed E-state index contributed by atoms with van der Waals surface area (Å²) >= 11 is 0. The van der Waals surface area contributed by atoms with Gasteiger partial charge in [0, 0.05) is 24.8 Å². The third-order valence-electron chi connectivity index (χ3n) is 5.65. The summed E-state index contributed by atoms with van der Waals surface area (Å²) in [6, 6.07) is 13.6. The van der Waals surface area contributed by atoms with Crippen LogP contribution in [0.4, 0.5) is 15.8 Å². The van der Waals surface area contributed by atoms with Crippen LogP contribution in [0.25, 0.3) is 16.7 Å². The molecule has 2 heterocycles. The molecular formula is C23H18BFN4O3. The maximum atomic E-state index is 14.8. The fraction of sp³-hybridized carbons (Fsp3) is 0.174. The van der Waals surface area contributed by atoms with Crippen molar-refractivity contribution in [2.24, 2.45) is 7.05 Å². The van der Waals surface area contributed by atoms with E-state index in [1.807, 2.05) is 0 Å². The predicted molar refractivity (Wildman–Crippen MR) is 122 cm³/mol. The van der Waals surface area contributed by atoms with Gasteiger partial charge in [-0.25, -0.2) is 13.8 Å². The fourth-order valence-electron chi connectivity index (χ4n) is 3.89. The zero-order valence-electron chi connectivity index (χ0n) is 17.2. The van der Waals surface area contributed by atoms with E-state index in [4.69, 9.17) is 7.85 Å². The zero-order valence-corrected chi connectivity index (χ0v) is 17.2. The molecule has 0 aliphatic heterocycles. The summed E-state index contributed by atoms with van der Waals surface area (Å²) in [5.41, 5.74) is -0.253. The zero-order chi connectivity index (χ0) is 22.6. The Bertz CT molecular complexity index is 1550. The SMILES string of the molecule is [B]c1ccc(Nc2cc(=O)n(C)c3c2c(=O)n(C2CC2)c(=O)n3-c2ccccc2F)cc1. The van der Waals surface area contributed by atoms with Crippen molar-refractivity contribution < 1.29 is 4.39 Å². The molecule has 7 nitrogen and oxygen atoms in total. The number of rotatable bonds is 4. The van der Waals surface area contributed by atoms with Crippen molar-refractivity contribution in [1.82, 2.24) is 13.7 Å². The molecule has 5 rings (SSSR count). The van der Waals surface area contributed by atoms with Crippen molar-refractivity contribution >= 4 is 35.7 Å². The molecule has 32 heavy (non-hydrogen) atoms. The van der Waals surface area contributed by atoms with Crippen molar-refractivity contribution in [3.63, 3.8) is 0 Å². The molecule has 0 unspecified atom stereocenters. The smallest absolute Gasteiger partial charge is 0.337 e. The van der Waals surface area contributed by atoms with Crippen LogP contribution in [0, 0.1) is 5.82 Å². The normalized spacial score (nSPS) is 13.4. The molecule has 9 heteroatoms. The van der Waals surface area contributed by atoms with Crippen LogP contribution in [0.5, 0.6) is 0 Å². The maximum Gasteiger partial charge on any atom is 0.337 e. The van der Waals surface area contributed by atoms with Gasteiger partial charge in [0.15, 0.2) is 0 Å². The number of aryl methyl sites for hydroxylation is 1. The summed E-state index contributed by atoms with van der Waals surface area (Å²) in [4.78, 5) is 39.7. The molecule has 0 atom stereocenters. The van der Waals surface area contributed by atoms with Crippen molar-refractivity contribution in [1.29, 1.82) is 0 Å². The van der Waals surface area contributed by atoms with Gasteiger partial charge >= 0.3 is 5.69 Å². The van der Waals surface area contributed by atoms with Gasteiger partial charge in [-0.15, -0.1) is 0 Å². The highest BCUT2D eigenvalue weighted by molar-refractivity contribution is 6.32. The van der Waals surface area contributed by atoms with Crippen molar-refractivity contribution in [2.75, 3.05) is 5.32 Å². The number of halogens is 1. The average Bonchev–Trinajstić information content (AvgIpc) is 3.59. The Kier molecular flexibility index (Phi) is 4.62. The van der Waals surface area contributed by atoms with E-state index in [0.29, 0.717) is 24.0 Å². The van der Waals surface area contributed by atoms with Crippen LogP contribution in [-0.4, -0.2) is 21.5 Å². The molecule has 2 aromatic heterocycles. The van der Waals surface area contributed by atoms with E-state index < -0.39 is 22.6 Å². The van der Waals surface area contributed by atoms with E-state index in [9.17, 15) is 18.8 Å². The fourth-order valence-corrected chi connectivity index (χ4v) is 3.89. The first-order valence-electron chi connectivity index (χ1n) is 10.2. The van der Waals surface area contributed by atoms with E-state index in [-0.39, 0.29) is 28.5 Å². The van der Waals surface area contributed by atoms with Gasteiger partial charge in [0.1, 0.15) is 24.7 Å². The number of nitrogens with one attached hydrogen (secondary N) is 1. The Labute approximate surface area is 182 Å². The molecule has 0 spiro atoms. The minimum atomic E-state index is -0.672. The van der Waals surface area contributed by atoms with E-state index in [0.717, 1.165) is 9.13 Å². The second-order valence-corrected chi connectivity index (χ2v) is 7.88. The topological polar surface area (TPSA) is 78.0 Å². The highest BCUT2D eigenvalue weighted by atomic mass is 19.1. The summed E-state index contributed by atoms with van der Waals surface area (Å²) in [6.07, 6.45) is 1.37. The molecule has 1 fully saturated rings. The molecule has 2 aromatic carbocycles. The van der Waals surface area contributed by atoms with Gasteiger partial charge in [-0.3, -0.25) is 18.7 Å². The number of pyridine rings is 1. The summed E-state index contributed by atoms with van der Waals surface area (Å²) in [5.74, 6) is -0.638. The van der Waals surface area contributed by atoms with Crippen LogP contribution < -0.4 is 27.6 Å². The number of benzene rings is 2. The number of anilines is 2. The average molecular weight is 428 g/mol. The van der Waals surface area contributed by atoms with Gasteiger partial charge in [-0.05, 0) is 37.1 Å². The van der Waals surface area contributed by atoms with Gasteiger partial charge in [-0.1, -0.05) is 29.7 Å². The lowest BCUT2D eigenvalue weighted by atomic mass is 9.96. The summed E-state index contributed by atoms with van der Waals surface area (Å²) in [7, 11) is 7.20. The number of para-hydroxylation sites is 1. The minimum Gasteiger partial charge on any atom is -0.355 e. The molecule has 0 saturated heterocycles. The monoisotopic (exact) mass is 428 g/mol. The van der Waals surface area contributed by atoms with Crippen LogP contribution in [0.1, 0.15) is 18.9 Å². The Balaban J connectivity index is 1.92. The lowest BCUT2D eigenvalue weighted by molar-refractivity contribution is 0.597. The van der Waals surface area contributed by atoms with E-state index in [1.54, 1.807) is 30.3 Å². The predicted octanol–water partition coefficient (Wildman–Crippen LogP) is 1.86. The number of aromatic nitrogens is 3. The van der Waals surface area contributed by atoms with E-state index in [2.05, 4.69) is 5.32 Å². The molecule has 1 aliphatic rings. The molecular weight excluding hydrogens is 410 g/mol. The van der Waals surface area contributed by atoms with Crippen molar-refractivity contribution in [3.8, 4) is 5.69 Å². The molecule has 4 aromatic rings. The first kappa shape index (κ1) is 20.1. The second-order valence-electron chi connectivity index (χ2n) is 7.88. The lowest BCUT2D eigenvalue weighted by Gasteiger charge is -2.19. The van der Waals surface area contributed by atoms with Crippen LogP contribution in [-0.2, 0) is 7.05 Å². The highest BCUT2D eigenvalue weighted by Gasteiger charge is 2.31. The van der Waals surface area contributed by atoms with Gasteiger partial charge in [0.2, 0.25) is 0 Å². The van der Waals surface area contributed by atoms with E-state index in [1.165, 1.54) is 35.9 Å². The molecule has 1 N–H and O–H groups in total. The molecule has 158 valence electrons. The Morgan fingerprint density at radius 1 is 1.03 bits per heavy atom. The van der Waals surface area contributed by atoms with Crippen molar-refractivity contribution in [3.05, 3.63) is 91.6 Å². The molecule has 0 bridgehead atoms. The van der Waals surface area contributed by atoms with Crippen LogP contribution in [0.2, 0.25) is 0 Å². The minimum absolute atomic E-state index is 0.0208. The first-order chi connectivity index (χ1) is 15.4. The Morgan fingerprint density at radius 3 is 2.38 bits per heavy atom. The molecule has 0 amide bonds. The standard InChI is InChI=1S/C23H18BFN4O3/c1-27-19(30)12-17(26-14-8-6-13(24)7-9-14)20-21(27)29(18-5-3-2-4-16(18)25)23(32)28(22(20)31)15-10-11-15/h2-9,12,15,26H,10-11H2,1H3. The lowest BCUT2D eigenvalue weighted by Crippen LogP contribution is -2.41. The molecule has 1 aliphatic carbocycles. The largest absolute Gasteiger partial charge is 0.355 e. The van der Waals surface area contributed by atoms with E-state index >= 15 is 0 Å². The quantitative estimate of drug-likeness (QED) is 0.504. The summed E-state index contributed by atoms with van der Waals surface area (Å²) < 4.78 is 18.2. The first-order valence-corrected chi connectivity index (χ1v) is 10.2. The van der Waals surface area contributed by atoms with Crippen LogP contribution >= 0.6 is 0 Å². The van der Waals surface area contributed by atoms with Gasteiger partial charge < -0.3 is 5.32 Å². The maximum absolute atomic E-state index is 14.8. The Morgan fingerprint density at radius 2 is 1.72 bits per heavy atom. The van der Waals surface area contributed by atoms with Gasteiger partial charge in [0.25, 0.3) is 11.1 Å². The van der Waals surface area contributed by atoms with Gasteiger partial charge in [-0.2, -0.15) is 0 Å². The summed E-state index contributed by atoms with van der Waals surface area (Å²) in [5, 5.41) is 3.21. The molecule has 1 saturated carbocycles. The van der Waals surface area contributed by atoms with Crippen LogP contribution in [0.3, 0.4) is 0 Å². The molecule has 2 radical (unpaired) electrons. The number of hydrogen-bond donors (Lipinski definition) is 1. The highest BCUT2D eigenvalue weighted by Crippen LogP contribution is 2.33. The third kappa shape index (κ3) is 3.17. The number of nitrogens with zero attached hydrogens (tertiary/aromatic N) is 3. The van der Waals surface area contributed by atoms with Crippen LogP contribution in [0.15, 0.2) is 69.0 Å². The van der Waals surface area contributed by atoms with Crippen molar-refractivity contribution in [2.45, 2.75) is 18.9 Å². The number of hydrogen-bond acceptors (Lipinski definition) is 4. The number of fused-ring (bicyclic) bond motifs is 1. The second kappa shape index (κ2) is 7.37.